The quantitative estimate of drug-likeness (QED) is 0.706. The van der Waals surface area contributed by atoms with E-state index in [4.69, 9.17) is 10.6 Å². The third-order valence-corrected chi connectivity index (χ3v) is 3.00. The van der Waals surface area contributed by atoms with Crippen LogP contribution in [0.25, 0.3) is 11.2 Å². The molecule has 0 spiro atoms. The number of hydrogen-bond acceptors (Lipinski definition) is 6. The van der Waals surface area contributed by atoms with Crippen LogP contribution in [0, 0.1) is 0 Å². The number of hydrogen-bond donors (Lipinski definition) is 2. The number of nitrogen functional groups attached to an aromatic ring is 1. The molecule has 0 unspecified atom stereocenters. The van der Waals surface area contributed by atoms with Gasteiger partial charge in [0.1, 0.15) is 11.8 Å². The number of imidazole rings is 1. The lowest BCUT2D eigenvalue weighted by Crippen LogP contribution is -2.38. The minimum Gasteiger partial charge on any atom is -0.382 e. The van der Waals surface area contributed by atoms with E-state index in [1.165, 1.54) is 11.2 Å². The fraction of sp³-hybridized carbons (Fsp3) is 0.400. The Morgan fingerprint density at radius 3 is 2.84 bits per heavy atom. The van der Waals surface area contributed by atoms with Crippen molar-refractivity contribution < 1.29 is 9.63 Å². The normalized spacial score (nSPS) is 15.1. The van der Waals surface area contributed by atoms with Gasteiger partial charge in [0.05, 0.1) is 0 Å². The molecule has 100 valence electrons. The first-order valence-corrected chi connectivity index (χ1v) is 5.85. The Kier molecular flexibility index (Phi) is 2.58. The maximum Gasteiger partial charge on any atom is 0.434 e. The first-order valence-electron chi connectivity index (χ1n) is 5.85. The summed E-state index contributed by atoms with van der Waals surface area (Å²) in [7, 11) is 0. The molecule has 0 aliphatic carbocycles. The Bertz CT molecular complexity index is 684. The van der Waals surface area contributed by atoms with Crippen molar-refractivity contribution in [1.29, 1.82) is 0 Å². The van der Waals surface area contributed by atoms with Gasteiger partial charge in [-0.1, -0.05) is 4.73 Å². The van der Waals surface area contributed by atoms with Gasteiger partial charge in [0.15, 0.2) is 5.82 Å². The molecule has 1 aliphatic rings. The van der Waals surface area contributed by atoms with E-state index >= 15 is 0 Å². The number of anilines is 1. The number of carbonyl (C=O) groups excluding carboxylic acids is 1. The molecule has 9 nitrogen and oxygen atoms in total. The molecule has 0 saturated carbocycles. The van der Waals surface area contributed by atoms with Crippen molar-refractivity contribution in [3.05, 3.63) is 16.8 Å². The van der Waals surface area contributed by atoms with Crippen molar-refractivity contribution in [3.63, 3.8) is 0 Å². The predicted molar refractivity (Wildman–Crippen MR) is 65.3 cm³/mol. The summed E-state index contributed by atoms with van der Waals surface area (Å²) in [6, 6.07) is 0. The van der Waals surface area contributed by atoms with Gasteiger partial charge in [-0.2, -0.15) is 0 Å². The molecule has 2 aromatic heterocycles. The highest BCUT2D eigenvalue weighted by atomic mass is 16.7. The van der Waals surface area contributed by atoms with E-state index in [1.807, 2.05) is 0 Å². The summed E-state index contributed by atoms with van der Waals surface area (Å²) in [4.78, 5) is 40.3. The molecular formula is C10H12N6O3. The van der Waals surface area contributed by atoms with E-state index in [1.54, 1.807) is 0 Å². The van der Waals surface area contributed by atoms with Gasteiger partial charge in [-0.15, -0.1) is 0 Å². The highest BCUT2D eigenvalue weighted by Crippen LogP contribution is 2.12. The van der Waals surface area contributed by atoms with E-state index in [-0.39, 0.29) is 17.0 Å². The predicted octanol–water partition coefficient (Wildman–Crippen LogP) is -0.654. The summed E-state index contributed by atoms with van der Waals surface area (Å²) >= 11 is 0. The molecule has 3 heterocycles. The Morgan fingerprint density at radius 2 is 2.11 bits per heavy atom. The smallest absolute Gasteiger partial charge is 0.382 e. The van der Waals surface area contributed by atoms with Crippen molar-refractivity contribution in [2.45, 2.75) is 12.8 Å². The van der Waals surface area contributed by atoms with Crippen molar-refractivity contribution in [1.82, 2.24) is 24.6 Å². The third kappa shape index (κ3) is 1.88. The summed E-state index contributed by atoms with van der Waals surface area (Å²) in [5, 5.41) is 0. The molecule has 0 radical (unpaired) electrons. The van der Waals surface area contributed by atoms with Gasteiger partial charge in [-0.25, -0.2) is 19.6 Å². The zero-order valence-corrected chi connectivity index (χ0v) is 10.00. The molecule has 3 N–H and O–H groups in total. The molecule has 1 amide bonds. The maximum atomic E-state index is 11.8. The third-order valence-electron chi connectivity index (χ3n) is 3.00. The van der Waals surface area contributed by atoms with Gasteiger partial charge in [-0.05, 0) is 12.8 Å². The number of carbonyl (C=O) groups is 1. The fourth-order valence-corrected chi connectivity index (χ4v) is 2.04. The molecule has 0 bridgehead atoms. The van der Waals surface area contributed by atoms with Crippen LogP contribution in [0.3, 0.4) is 0 Å². The Balaban J connectivity index is 1.96. The lowest BCUT2D eigenvalue weighted by atomic mass is 10.4. The lowest BCUT2D eigenvalue weighted by Gasteiger charge is -2.13. The SMILES string of the molecule is Nc1ncnc2c1[nH]c(=O)n2OC(=O)N1CCCC1. The zero-order chi connectivity index (χ0) is 13.4. The summed E-state index contributed by atoms with van der Waals surface area (Å²) < 4.78 is 0.800. The van der Waals surface area contributed by atoms with Crippen LogP contribution >= 0.6 is 0 Å². The van der Waals surface area contributed by atoms with Crippen molar-refractivity contribution in [3.8, 4) is 0 Å². The Hall–Kier alpha value is -2.58. The number of fused-ring (bicyclic) bond motifs is 1. The molecule has 9 heteroatoms. The second kappa shape index (κ2) is 4.26. The molecular weight excluding hydrogens is 252 g/mol. The Labute approximate surface area is 107 Å². The molecule has 1 fully saturated rings. The molecule has 3 rings (SSSR count). The van der Waals surface area contributed by atoms with Gasteiger partial charge in [-0.3, -0.25) is 4.98 Å². The van der Waals surface area contributed by atoms with E-state index in [9.17, 15) is 9.59 Å². The molecule has 0 aromatic carbocycles. The average molecular weight is 264 g/mol. The minimum atomic E-state index is -0.616. The van der Waals surface area contributed by atoms with Crippen LogP contribution in [0.5, 0.6) is 0 Å². The van der Waals surface area contributed by atoms with Crippen LogP contribution in [0.15, 0.2) is 11.1 Å². The van der Waals surface area contributed by atoms with Gasteiger partial charge in [0, 0.05) is 13.1 Å². The van der Waals surface area contributed by atoms with Crippen LogP contribution < -0.4 is 16.3 Å². The first-order chi connectivity index (χ1) is 9.16. The second-order valence-electron chi connectivity index (χ2n) is 4.23. The van der Waals surface area contributed by atoms with Crippen molar-refractivity contribution in [2.75, 3.05) is 18.8 Å². The summed E-state index contributed by atoms with van der Waals surface area (Å²) in [5.74, 6) is 0.123. The van der Waals surface area contributed by atoms with Crippen LogP contribution in [-0.4, -0.2) is 43.8 Å². The van der Waals surface area contributed by atoms with Gasteiger partial charge in [0.25, 0.3) is 0 Å². The highest BCUT2D eigenvalue weighted by molar-refractivity contribution is 5.81. The summed E-state index contributed by atoms with van der Waals surface area (Å²) in [6.45, 7) is 1.26. The number of nitrogens with zero attached hydrogens (tertiary/aromatic N) is 4. The van der Waals surface area contributed by atoms with Crippen LogP contribution in [0.4, 0.5) is 10.6 Å². The zero-order valence-electron chi connectivity index (χ0n) is 10.00. The van der Waals surface area contributed by atoms with E-state index in [2.05, 4.69) is 15.0 Å². The monoisotopic (exact) mass is 264 g/mol. The lowest BCUT2D eigenvalue weighted by molar-refractivity contribution is 0.0998. The fourth-order valence-electron chi connectivity index (χ4n) is 2.04. The second-order valence-corrected chi connectivity index (χ2v) is 4.23. The van der Waals surface area contributed by atoms with Gasteiger partial charge in [0.2, 0.25) is 5.65 Å². The van der Waals surface area contributed by atoms with Crippen molar-refractivity contribution in [2.24, 2.45) is 0 Å². The molecule has 2 aromatic rings. The molecule has 1 saturated heterocycles. The number of nitrogens with one attached hydrogen (secondary N) is 1. The minimum absolute atomic E-state index is 0.123. The van der Waals surface area contributed by atoms with E-state index < -0.39 is 11.8 Å². The number of amides is 1. The molecule has 0 atom stereocenters. The van der Waals surface area contributed by atoms with Crippen LogP contribution in [0.1, 0.15) is 12.8 Å². The molecule has 1 aliphatic heterocycles. The standard InChI is InChI=1S/C10H12N6O3/c11-7-6-8(13-5-12-7)16(9(17)14-6)19-10(18)15-3-1-2-4-15/h5H,1-4H2,(H,14,17)(H2,11,12,13). The van der Waals surface area contributed by atoms with Crippen LogP contribution in [0.2, 0.25) is 0 Å². The molecule has 19 heavy (non-hydrogen) atoms. The van der Waals surface area contributed by atoms with E-state index in [0.717, 1.165) is 17.6 Å². The maximum absolute atomic E-state index is 11.8. The number of likely N-dealkylation sites (tertiary alicyclic amines) is 1. The number of aromatic nitrogens is 4. The number of nitrogens with two attached hydrogens (primary N) is 1. The van der Waals surface area contributed by atoms with Crippen molar-refractivity contribution >= 4 is 23.1 Å². The number of aromatic amines is 1. The Morgan fingerprint density at radius 1 is 1.37 bits per heavy atom. The first kappa shape index (κ1) is 11.5. The number of rotatable bonds is 1. The highest BCUT2D eigenvalue weighted by Gasteiger charge is 2.22. The summed E-state index contributed by atoms with van der Waals surface area (Å²) in [5.41, 5.74) is 5.39. The summed E-state index contributed by atoms with van der Waals surface area (Å²) in [6.07, 6.45) is 2.50. The average Bonchev–Trinajstić information content (AvgIpc) is 3.00. The van der Waals surface area contributed by atoms with Gasteiger partial charge >= 0.3 is 11.8 Å². The largest absolute Gasteiger partial charge is 0.434 e. The van der Waals surface area contributed by atoms with Crippen LogP contribution in [-0.2, 0) is 0 Å². The van der Waals surface area contributed by atoms with Gasteiger partial charge < -0.3 is 15.5 Å². The topological polar surface area (TPSA) is 119 Å². The number of H-pyrrole nitrogens is 1. The van der Waals surface area contributed by atoms with E-state index in [0.29, 0.717) is 13.1 Å².